The number of nitrogens with one attached hydrogen (secondary N) is 2. The SMILES string of the molecule is CCNC(C)c1ccc(OCCCC(=O)NC)c(F)c1. The van der Waals surface area contributed by atoms with E-state index in [0.717, 1.165) is 12.1 Å². The molecule has 0 aliphatic carbocycles. The number of hydrogen-bond donors (Lipinski definition) is 2. The monoisotopic (exact) mass is 282 g/mol. The van der Waals surface area contributed by atoms with Gasteiger partial charge in [-0.15, -0.1) is 0 Å². The van der Waals surface area contributed by atoms with Crippen LogP contribution < -0.4 is 15.4 Å². The molecule has 5 heteroatoms. The zero-order valence-electron chi connectivity index (χ0n) is 12.3. The third-order valence-corrected chi connectivity index (χ3v) is 3.05. The molecular formula is C15H23FN2O2. The molecule has 112 valence electrons. The summed E-state index contributed by atoms with van der Waals surface area (Å²) in [6, 6.07) is 5.08. The van der Waals surface area contributed by atoms with E-state index < -0.39 is 0 Å². The molecule has 1 unspecified atom stereocenters. The van der Waals surface area contributed by atoms with Gasteiger partial charge in [0.15, 0.2) is 11.6 Å². The second kappa shape index (κ2) is 8.53. The number of carbonyl (C=O) groups is 1. The van der Waals surface area contributed by atoms with Crippen LogP contribution in [0.15, 0.2) is 18.2 Å². The maximum absolute atomic E-state index is 13.9. The summed E-state index contributed by atoms with van der Waals surface area (Å²) < 4.78 is 19.2. The normalized spacial score (nSPS) is 12.0. The van der Waals surface area contributed by atoms with Crippen molar-refractivity contribution in [3.63, 3.8) is 0 Å². The Morgan fingerprint density at radius 2 is 2.20 bits per heavy atom. The Bertz CT molecular complexity index is 438. The summed E-state index contributed by atoms with van der Waals surface area (Å²) in [6.07, 6.45) is 0.947. The van der Waals surface area contributed by atoms with E-state index in [1.165, 1.54) is 6.07 Å². The average Bonchev–Trinajstić information content (AvgIpc) is 2.44. The first kappa shape index (κ1) is 16.4. The lowest BCUT2D eigenvalue weighted by Crippen LogP contribution is -2.18. The third-order valence-electron chi connectivity index (χ3n) is 3.05. The van der Waals surface area contributed by atoms with E-state index in [1.807, 2.05) is 19.9 Å². The summed E-state index contributed by atoms with van der Waals surface area (Å²) in [4.78, 5) is 11.0. The number of halogens is 1. The molecule has 20 heavy (non-hydrogen) atoms. The molecule has 0 bridgehead atoms. The second-order valence-electron chi connectivity index (χ2n) is 4.59. The molecule has 1 aromatic rings. The Morgan fingerprint density at radius 1 is 1.45 bits per heavy atom. The van der Waals surface area contributed by atoms with Crippen LogP contribution in [-0.2, 0) is 4.79 Å². The van der Waals surface area contributed by atoms with Crippen molar-refractivity contribution in [1.82, 2.24) is 10.6 Å². The molecule has 1 rings (SSSR count). The van der Waals surface area contributed by atoms with Gasteiger partial charge >= 0.3 is 0 Å². The largest absolute Gasteiger partial charge is 0.491 e. The van der Waals surface area contributed by atoms with Crippen molar-refractivity contribution < 1.29 is 13.9 Å². The quantitative estimate of drug-likeness (QED) is 0.720. The molecule has 0 saturated carbocycles. The minimum Gasteiger partial charge on any atom is -0.491 e. The van der Waals surface area contributed by atoms with E-state index in [2.05, 4.69) is 10.6 Å². The molecule has 1 aromatic carbocycles. The number of carbonyl (C=O) groups excluding carboxylic acids is 1. The van der Waals surface area contributed by atoms with Gasteiger partial charge in [0.1, 0.15) is 0 Å². The number of benzene rings is 1. The van der Waals surface area contributed by atoms with Crippen molar-refractivity contribution in [3.8, 4) is 5.75 Å². The Morgan fingerprint density at radius 3 is 2.80 bits per heavy atom. The third kappa shape index (κ3) is 5.17. The number of hydrogen-bond acceptors (Lipinski definition) is 3. The minimum absolute atomic E-state index is 0.0381. The van der Waals surface area contributed by atoms with Gasteiger partial charge in [0.25, 0.3) is 0 Å². The standard InChI is InChI=1S/C15H23FN2O2/c1-4-18-11(2)12-7-8-14(13(16)10-12)20-9-5-6-15(19)17-3/h7-8,10-11,18H,4-6,9H2,1-3H3,(H,17,19). The molecule has 0 saturated heterocycles. The van der Waals surface area contributed by atoms with Crippen LogP contribution >= 0.6 is 0 Å². The Labute approximate surface area is 119 Å². The van der Waals surface area contributed by atoms with Crippen LogP contribution in [0.3, 0.4) is 0 Å². The fourth-order valence-electron chi connectivity index (χ4n) is 1.87. The van der Waals surface area contributed by atoms with Crippen molar-refractivity contribution in [3.05, 3.63) is 29.6 Å². The Balaban J connectivity index is 2.49. The Kier molecular flexibility index (Phi) is 7.01. The highest BCUT2D eigenvalue weighted by Gasteiger charge is 2.09. The van der Waals surface area contributed by atoms with Crippen LogP contribution in [0.2, 0.25) is 0 Å². The number of rotatable bonds is 8. The lowest BCUT2D eigenvalue weighted by Gasteiger charge is -2.14. The summed E-state index contributed by atoms with van der Waals surface area (Å²) in [5.41, 5.74) is 0.891. The Hall–Kier alpha value is -1.62. The molecule has 0 aromatic heterocycles. The molecule has 2 N–H and O–H groups in total. The lowest BCUT2D eigenvalue weighted by molar-refractivity contribution is -0.120. The van der Waals surface area contributed by atoms with Crippen molar-refractivity contribution in [2.24, 2.45) is 0 Å². The van der Waals surface area contributed by atoms with Gasteiger partial charge < -0.3 is 15.4 Å². The molecule has 0 aliphatic rings. The first-order valence-corrected chi connectivity index (χ1v) is 6.94. The van der Waals surface area contributed by atoms with Crippen molar-refractivity contribution in [1.29, 1.82) is 0 Å². The van der Waals surface area contributed by atoms with Gasteiger partial charge in [-0.3, -0.25) is 4.79 Å². The molecule has 0 radical (unpaired) electrons. The number of ether oxygens (including phenoxy) is 1. The fourth-order valence-corrected chi connectivity index (χ4v) is 1.87. The van der Waals surface area contributed by atoms with E-state index in [4.69, 9.17) is 4.74 Å². The fraction of sp³-hybridized carbons (Fsp3) is 0.533. The van der Waals surface area contributed by atoms with Crippen LogP contribution in [0.5, 0.6) is 5.75 Å². The van der Waals surface area contributed by atoms with Crippen LogP contribution in [0.25, 0.3) is 0 Å². The van der Waals surface area contributed by atoms with Crippen molar-refractivity contribution in [2.75, 3.05) is 20.2 Å². The maximum Gasteiger partial charge on any atom is 0.219 e. The van der Waals surface area contributed by atoms with Gasteiger partial charge in [-0.25, -0.2) is 4.39 Å². The van der Waals surface area contributed by atoms with E-state index in [-0.39, 0.29) is 23.5 Å². The van der Waals surface area contributed by atoms with Crippen molar-refractivity contribution in [2.45, 2.75) is 32.7 Å². The van der Waals surface area contributed by atoms with Crippen molar-refractivity contribution >= 4 is 5.91 Å². The van der Waals surface area contributed by atoms with E-state index >= 15 is 0 Å². The first-order valence-electron chi connectivity index (χ1n) is 6.94. The summed E-state index contributed by atoms with van der Waals surface area (Å²) in [5.74, 6) is -0.176. The van der Waals surface area contributed by atoms with E-state index in [1.54, 1.807) is 13.1 Å². The predicted molar refractivity (Wildman–Crippen MR) is 77.3 cm³/mol. The maximum atomic E-state index is 13.9. The number of amides is 1. The highest BCUT2D eigenvalue weighted by molar-refractivity contribution is 5.75. The molecule has 1 atom stereocenters. The summed E-state index contributed by atoms with van der Waals surface area (Å²) in [6.45, 7) is 5.16. The van der Waals surface area contributed by atoms with Crippen LogP contribution in [0.1, 0.15) is 38.3 Å². The van der Waals surface area contributed by atoms with Crippen LogP contribution in [0, 0.1) is 5.82 Å². The zero-order valence-corrected chi connectivity index (χ0v) is 12.3. The zero-order chi connectivity index (χ0) is 15.0. The molecule has 0 fully saturated rings. The highest BCUT2D eigenvalue weighted by atomic mass is 19.1. The van der Waals surface area contributed by atoms with Gasteiger partial charge in [-0.05, 0) is 37.6 Å². The summed E-state index contributed by atoms with van der Waals surface area (Å²) in [7, 11) is 1.59. The van der Waals surface area contributed by atoms with Gasteiger partial charge in [0.2, 0.25) is 5.91 Å². The molecule has 4 nitrogen and oxygen atoms in total. The summed E-state index contributed by atoms with van der Waals surface area (Å²) >= 11 is 0. The van der Waals surface area contributed by atoms with Gasteiger partial charge in [0, 0.05) is 19.5 Å². The van der Waals surface area contributed by atoms with Crippen LogP contribution in [-0.4, -0.2) is 26.1 Å². The minimum atomic E-state index is -0.368. The van der Waals surface area contributed by atoms with Crippen LogP contribution in [0.4, 0.5) is 4.39 Å². The molecule has 0 heterocycles. The van der Waals surface area contributed by atoms with E-state index in [0.29, 0.717) is 19.4 Å². The summed E-state index contributed by atoms with van der Waals surface area (Å²) in [5, 5.41) is 5.76. The second-order valence-corrected chi connectivity index (χ2v) is 4.59. The topological polar surface area (TPSA) is 50.4 Å². The lowest BCUT2D eigenvalue weighted by atomic mass is 10.1. The highest BCUT2D eigenvalue weighted by Crippen LogP contribution is 2.22. The molecular weight excluding hydrogens is 259 g/mol. The first-order chi connectivity index (χ1) is 9.58. The van der Waals surface area contributed by atoms with Gasteiger partial charge in [-0.1, -0.05) is 13.0 Å². The molecule has 1 amide bonds. The molecule has 0 aliphatic heterocycles. The molecule has 0 spiro atoms. The predicted octanol–water partition coefficient (Wildman–Crippen LogP) is 2.40. The van der Waals surface area contributed by atoms with Gasteiger partial charge in [-0.2, -0.15) is 0 Å². The smallest absolute Gasteiger partial charge is 0.219 e. The van der Waals surface area contributed by atoms with E-state index in [9.17, 15) is 9.18 Å². The average molecular weight is 282 g/mol. The van der Waals surface area contributed by atoms with Gasteiger partial charge in [0.05, 0.1) is 6.61 Å².